The highest BCUT2D eigenvalue weighted by Gasteiger charge is 2.22. The highest BCUT2D eigenvalue weighted by Crippen LogP contribution is 2.25. The zero-order valence-corrected chi connectivity index (χ0v) is 10.2. The average molecular weight is 249 g/mol. The smallest absolute Gasteiger partial charge is 0.311 e. The van der Waals surface area contributed by atoms with Crippen molar-refractivity contribution in [2.24, 2.45) is 5.92 Å². The summed E-state index contributed by atoms with van der Waals surface area (Å²) in [5.41, 5.74) is 0.803. The van der Waals surface area contributed by atoms with E-state index >= 15 is 0 Å². The van der Waals surface area contributed by atoms with Gasteiger partial charge >= 0.3 is 5.97 Å². The second-order valence-corrected chi connectivity index (χ2v) is 4.05. The summed E-state index contributed by atoms with van der Waals surface area (Å²) in [5, 5.41) is 9.66. The van der Waals surface area contributed by atoms with E-state index in [-0.39, 0.29) is 18.3 Å². The molecule has 0 saturated heterocycles. The summed E-state index contributed by atoms with van der Waals surface area (Å²) in [6, 6.07) is 6.96. The molecule has 0 bridgehead atoms. The molecule has 84 valence electrons. The van der Waals surface area contributed by atoms with E-state index in [1.54, 1.807) is 24.3 Å². The van der Waals surface area contributed by atoms with Crippen LogP contribution < -0.4 is 0 Å². The first-order valence-corrected chi connectivity index (χ1v) is 4.88. The second kappa shape index (κ2) is 5.99. The van der Waals surface area contributed by atoms with E-state index in [4.69, 9.17) is 16.7 Å². The van der Waals surface area contributed by atoms with Crippen molar-refractivity contribution in [2.75, 3.05) is 0 Å². The lowest BCUT2D eigenvalue weighted by atomic mass is 9.89. The summed E-state index contributed by atoms with van der Waals surface area (Å²) in [5.74, 6) is -1.16. The maximum atomic E-state index is 11.0. The van der Waals surface area contributed by atoms with E-state index in [0.29, 0.717) is 5.02 Å². The molecule has 1 unspecified atom stereocenters. The predicted molar refractivity (Wildman–Crippen MR) is 63.9 cm³/mol. The molecule has 1 rings (SSSR count). The monoisotopic (exact) mass is 248 g/mol. The molecule has 0 aromatic heterocycles. The molecule has 0 amide bonds. The Labute approximate surface area is 101 Å². The predicted octanol–water partition coefficient (Wildman–Crippen LogP) is 3.59. The Balaban J connectivity index is 0.00000196. The van der Waals surface area contributed by atoms with Crippen molar-refractivity contribution in [3.05, 3.63) is 34.9 Å². The lowest BCUT2D eigenvalue weighted by Crippen LogP contribution is -2.17. The third-order valence-electron chi connectivity index (χ3n) is 2.16. The molecule has 1 atom stereocenters. The van der Waals surface area contributed by atoms with Gasteiger partial charge in [-0.05, 0) is 23.6 Å². The fourth-order valence-corrected chi connectivity index (χ4v) is 1.61. The van der Waals surface area contributed by atoms with Crippen LogP contribution in [0.1, 0.15) is 25.3 Å². The van der Waals surface area contributed by atoms with Crippen molar-refractivity contribution < 1.29 is 9.90 Å². The quantitative estimate of drug-likeness (QED) is 0.888. The minimum atomic E-state index is -0.790. The number of benzene rings is 1. The van der Waals surface area contributed by atoms with Crippen LogP contribution in [0.15, 0.2) is 24.3 Å². The molecule has 0 heterocycles. The van der Waals surface area contributed by atoms with Gasteiger partial charge in [-0.3, -0.25) is 4.79 Å². The van der Waals surface area contributed by atoms with Gasteiger partial charge in [0.15, 0.2) is 0 Å². The summed E-state index contributed by atoms with van der Waals surface area (Å²) >= 11 is 5.73. The first-order chi connectivity index (χ1) is 6.52. The minimum absolute atomic E-state index is 0. The molecule has 0 saturated carbocycles. The molecule has 0 aliphatic rings. The summed E-state index contributed by atoms with van der Waals surface area (Å²) < 4.78 is 0. The van der Waals surface area contributed by atoms with Crippen molar-refractivity contribution in [1.29, 1.82) is 0 Å². The van der Waals surface area contributed by atoms with Crippen molar-refractivity contribution >= 4 is 30.0 Å². The van der Waals surface area contributed by atoms with Crippen LogP contribution in [0.25, 0.3) is 0 Å². The molecule has 2 nitrogen and oxygen atoms in total. The maximum absolute atomic E-state index is 11.0. The Morgan fingerprint density at radius 2 is 1.73 bits per heavy atom. The molecule has 0 radical (unpaired) electrons. The minimum Gasteiger partial charge on any atom is -0.481 e. The van der Waals surface area contributed by atoms with Gasteiger partial charge in [-0.15, -0.1) is 12.4 Å². The highest BCUT2D eigenvalue weighted by atomic mass is 35.5. The van der Waals surface area contributed by atoms with Crippen LogP contribution in [0.3, 0.4) is 0 Å². The van der Waals surface area contributed by atoms with Crippen LogP contribution in [0.4, 0.5) is 0 Å². The summed E-state index contributed by atoms with van der Waals surface area (Å²) in [7, 11) is 0. The molecule has 0 fully saturated rings. The van der Waals surface area contributed by atoms with Crippen molar-refractivity contribution in [3.63, 3.8) is 0 Å². The van der Waals surface area contributed by atoms with Crippen LogP contribution in [0.5, 0.6) is 0 Å². The molecule has 0 spiro atoms. The number of carboxylic acid groups (broad SMARTS) is 1. The molecule has 0 aliphatic heterocycles. The average Bonchev–Trinajstić information content (AvgIpc) is 2.07. The van der Waals surface area contributed by atoms with Gasteiger partial charge in [0.25, 0.3) is 0 Å². The normalized spacial score (nSPS) is 12.0. The summed E-state index contributed by atoms with van der Waals surface area (Å²) in [4.78, 5) is 11.0. The van der Waals surface area contributed by atoms with Crippen LogP contribution in [-0.2, 0) is 4.79 Å². The number of hydrogen-bond donors (Lipinski definition) is 1. The molecule has 1 N–H and O–H groups in total. The summed E-state index contributed by atoms with van der Waals surface area (Å²) in [6.07, 6.45) is 0. The van der Waals surface area contributed by atoms with Crippen LogP contribution in [-0.4, -0.2) is 11.1 Å². The van der Waals surface area contributed by atoms with E-state index in [9.17, 15) is 4.79 Å². The van der Waals surface area contributed by atoms with Gasteiger partial charge in [0.2, 0.25) is 0 Å². The van der Waals surface area contributed by atoms with Gasteiger partial charge in [0.1, 0.15) is 0 Å². The number of hydrogen-bond acceptors (Lipinski definition) is 1. The lowest BCUT2D eigenvalue weighted by molar-refractivity contribution is -0.139. The Kier molecular flexibility index (Phi) is 5.69. The van der Waals surface area contributed by atoms with Crippen molar-refractivity contribution in [2.45, 2.75) is 19.8 Å². The number of halogens is 2. The van der Waals surface area contributed by atoms with Gasteiger partial charge < -0.3 is 5.11 Å². The maximum Gasteiger partial charge on any atom is 0.311 e. The Morgan fingerprint density at radius 3 is 2.07 bits per heavy atom. The molecule has 15 heavy (non-hydrogen) atoms. The van der Waals surface area contributed by atoms with Gasteiger partial charge in [-0.1, -0.05) is 37.6 Å². The van der Waals surface area contributed by atoms with E-state index in [0.717, 1.165) is 5.56 Å². The van der Waals surface area contributed by atoms with Gasteiger partial charge in [0.05, 0.1) is 5.92 Å². The third-order valence-corrected chi connectivity index (χ3v) is 2.41. The molecular weight excluding hydrogens is 235 g/mol. The fourth-order valence-electron chi connectivity index (χ4n) is 1.48. The van der Waals surface area contributed by atoms with Crippen molar-refractivity contribution in [1.82, 2.24) is 0 Å². The van der Waals surface area contributed by atoms with Gasteiger partial charge in [0, 0.05) is 5.02 Å². The number of carbonyl (C=O) groups is 1. The van der Waals surface area contributed by atoms with E-state index < -0.39 is 11.9 Å². The molecule has 4 heteroatoms. The van der Waals surface area contributed by atoms with E-state index in [2.05, 4.69) is 0 Å². The van der Waals surface area contributed by atoms with Crippen LogP contribution in [0.2, 0.25) is 5.02 Å². The first-order valence-electron chi connectivity index (χ1n) is 4.50. The van der Waals surface area contributed by atoms with Gasteiger partial charge in [-0.25, -0.2) is 0 Å². The SMILES string of the molecule is CC(C)C(C(=O)O)c1ccc(Cl)cc1.Cl. The topological polar surface area (TPSA) is 37.3 Å². The van der Waals surface area contributed by atoms with Crippen molar-refractivity contribution in [3.8, 4) is 0 Å². The number of carboxylic acids is 1. The zero-order chi connectivity index (χ0) is 10.7. The summed E-state index contributed by atoms with van der Waals surface area (Å²) in [6.45, 7) is 3.79. The first kappa shape index (κ1) is 14.3. The Hall–Kier alpha value is -0.730. The molecule has 1 aromatic rings. The molecule has 1 aromatic carbocycles. The number of rotatable bonds is 3. The van der Waals surface area contributed by atoms with Gasteiger partial charge in [-0.2, -0.15) is 0 Å². The largest absolute Gasteiger partial charge is 0.481 e. The Bertz CT molecular complexity index is 320. The highest BCUT2D eigenvalue weighted by molar-refractivity contribution is 6.30. The number of aliphatic carboxylic acids is 1. The Morgan fingerprint density at radius 1 is 1.27 bits per heavy atom. The van der Waals surface area contributed by atoms with E-state index in [1.165, 1.54) is 0 Å². The molecular formula is C11H14Cl2O2. The van der Waals surface area contributed by atoms with E-state index in [1.807, 2.05) is 13.8 Å². The fraction of sp³-hybridized carbons (Fsp3) is 0.364. The third kappa shape index (κ3) is 3.73. The van der Waals surface area contributed by atoms with Crippen LogP contribution >= 0.6 is 24.0 Å². The standard InChI is InChI=1S/C11H13ClO2.ClH/c1-7(2)10(11(13)14)8-3-5-9(12)6-4-8;/h3-7,10H,1-2H3,(H,13,14);1H. The second-order valence-electron chi connectivity index (χ2n) is 3.61. The zero-order valence-electron chi connectivity index (χ0n) is 8.61. The molecule has 0 aliphatic carbocycles. The van der Waals surface area contributed by atoms with Crippen LogP contribution in [0, 0.1) is 5.92 Å². The lowest BCUT2D eigenvalue weighted by Gasteiger charge is -2.16.